The number of rotatable bonds is 4. The topological polar surface area (TPSA) is 55.5 Å². The number of aryl methyl sites for hydroxylation is 1. The van der Waals surface area contributed by atoms with Crippen LogP contribution in [0.5, 0.6) is 5.75 Å². The first-order valence-corrected chi connectivity index (χ1v) is 6.71. The fourth-order valence-corrected chi connectivity index (χ4v) is 2.54. The van der Waals surface area contributed by atoms with E-state index >= 15 is 0 Å². The third-order valence-corrected chi connectivity index (χ3v) is 3.69. The molecule has 0 bridgehead atoms. The molecule has 3 heteroatoms. The quantitative estimate of drug-likeness (QED) is 0.862. The van der Waals surface area contributed by atoms with Crippen LogP contribution in [-0.2, 0) is 0 Å². The number of hydrogen-bond donors (Lipinski definition) is 2. The molecule has 1 saturated carbocycles. The first kappa shape index (κ1) is 13.4. The van der Waals surface area contributed by atoms with Crippen molar-refractivity contribution >= 4 is 0 Å². The molecule has 1 aromatic rings. The molecule has 1 aromatic carbocycles. The predicted octanol–water partition coefficient (Wildman–Crippen LogP) is 2.70. The Kier molecular flexibility index (Phi) is 3.93. The van der Waals surface area contributed by atoms with Crippen LogP contribution in [0.15, 0.2) is 18.2 Å². The number of hydrogen-bond acceptors (Lipinski definition) is 3. The number of aliphatic hydroxyl groups is 1. The zero-order valence-electron chi connectivity index (χ0n) is 11.3. The SMILES string of the molecule is Cc1ccc(OCC2(O)CCCC2)c([C@H](C)N)c1. The second-order valence-electron chi connectivity index (χ2n) is 5.55. The van der Waals surface area contributed by atoms with Crippen molar-refractivity contribution in [3.8, 4) is 5.75 Å². The first-order valence-electron chi connectivity index (χ1n) is 6.71. The van der Waals surface area contributed by atoms with E-state index in [9.17, 15) is 5.11 Å². The average molecular weight is 249 g/mol. The molecule has 1 atom stereocenters. The van der Waals surface area contributed by atoms with Crippen molar-refractivity contribution in [2.45, 2.75) is 51.2 Å². The summed E-state index contributed by atoms with van der Waals surface area (Å²) in [6.07, 6.45) is 3.86. The van der Waals surface area contributed by atoms with Crippen LogP contribution in [0.2, 0.25) is 0 Å². The van der Waals surface area contributed by atoms with Gasteiger partial charge in [-0.25, -0.2) is 0 Å². The van der Waals surface area contributed by atoms with Gasteiger partial charge in [-0.15, -0.1) is 0 Å². The zero-order valence-corrected chi connectivity index (χ0v) is 11.3. The maximum absolute atomic E-state index is 10.3. The summed E-state index contributed by atoms with van der Waals surface area (Å²) in [6, 6.07) is 5.96. The van der Waals surface area contributed by atoms with Crippen molar-refractivity contribution in [3.05, 3.63) is 29.3 Å². The van der Waals surface area contributed by atoms with Crippen molar-refractivity contribution in [2.24, 2.45) is 5.73 Å². The van der Waals surface area contributed by atoms with Crippen LogP contribution in [0.1, 0.15) is 49.8 Å². The van der Waals surface area contributed by atoms with E-state index in [4.69, 9.17) is 10.5 Å². The van der Waals surface area contributed by atoms with Gasteiger partial charge in [-0.1, -0.05) is 30.5 Å². The van der Waals surface area contributed by atoms with Crippen LogP contribution in [0.25, 0.3) is 0 Å². The molecule has 0 saturated heterocycles. The molecular formula is C15H23NO2. The molecule has 100 valence electrons. The summed E-state index contributed by atoms with van der Waals surface area (Å²) in [5.74, 6) is 0.802. The molecule has 2 rings (SSSR count). The summed E-state index contributed by atoms with van der Waals surface area (Å²) in [5, 5.41) is 10.3. The number of benzene rings is 1. The van der Waals surface area contributed by atoms with E-state index in [1.165, 1.54) is 5.56 Å². The van der Waals surface area contributed by atoms with Gasteiger partial charge in [0.2, 0.25) is 0 Å². The van der Waals surface area contributed by atoms with Crippen molar-refractivity contribution in [1.29, 1.82) is 0 Å². The minimum absolute atomic E-state index is 0.0573. The fraction of sp³-hybridized carbons (Fsp3) is 0.600. The Labute approximate surface area is 109 Å². The van der Waals surface area contributed by atoms with Crippen LogP contribution in [-0.4, -0.2) is 17.3 Å². The molecular weight excluding hydrogens is 226 g/mol. The van der Waals surface area contributed by atoms with Crippen LogP contribution >= 0.6 is 0 Å². The van der Waals surface area contributed by atoms with Gasteiger partial charge in [0, 0.05) is 11.6 Å². The van der Waals surface area contributed by atoms with Crippen LogP contribution in [0.3, 0.4) is 0 Å². The summed E-state index contributed by atoms with van der Waals surface area (Å²) >= 11 is 0. The van der Waals surface area contributed by atoms with Crippen molar-refractivity contribution in [2.75, 3.05) is 6.61 Å². The molecule has 0 heterocycles. The largest absolute Gasteiger partial charge is 0.490 e. The van der Waals surface area contributed by atoms with Gasteiger partial charge in [0.25, 0.3) is 0 Å². The standard InChI is InChI=1S/C15H23NO2/c1-11-5-6-14(13(9-11)12(2)16)18-10-15(17)7-3-4-8-15/h5-6,9,12,17H,3-4,7-8,10,16H2,1-2H3/t12-/m0/s1. The molecule has 0 spiro atoms. The van der Waals surface area contributed by atoms with Crippen molar-refractivity contribution < 1.29 is 9.84 Å². The highest BCUT2D eigenvalue weighted by Gasteiger charge is 2.32. The van der Waals surface area contributed by atoms with Crippen molar-refractivity contribution in [1.82, 2.24) is 0 Å². The van der Waals surface area contributed by atoms with E-state index in [-0.39, 0.29) is 6.04 Å². The van der Waals surface area contributed by atoms with Crippen LogP contribution in [0, 0.1) is 6.92 Å². The van der Waals surface area contributed by atoms with E-state index in [1.807, 2.05) is 26.0 Å². The van der Waals surface area contributed by atoms with Gasteiger partial charge in [0.15, 0.2) is 0 Å². The molecule has 1 aliphatic rings. The lowest BCUT2D eigenvalue weighted by atomic mass is 10.0. The van der Waals surface area contributed by atoms with Crippen LogP contribution in [0.4, 0.5) is 0 Å². The Morgan fingerprint density at radius 3 is 2.67 bits per heavy atom. The zero-order chi connectivity index (χ0) is 13.2. The highest BCUT2D eigenvalue weighted by Crippen LogP contribution is 2.31. The van der Waals surface area contributed by atoms with Crippen LogP contribution < -0.4 is 10.5 Å². The summed E-state index contributed by atoms with van der Waals surface area (Å²) < 4.78 is 5.81. The smallest absolute Gasteiger partial charge is 0.124 e. The molecule has 0 aliphatic heterocycles. The van der Waals surface area contributed by atoms with E-state index in [2.05, 4.69) is 6.07 Å². The van der Waals surface area contributed by atoms with Gasteiger partial charge in [0.05, 0.1) is 5.60 Å². The number of nitrogens with two attached hydrogens (primary N) is 1. The maximum atomic E-state index is 10.3. The van der Waals surface area contributed by atoms with Crippen molar-refractivity contribution in [3.63, 3.8) is 0 Å². The third kappa shape index (κ3) is 3.03. The molecule has 3 N–H and O–H groups in total. The lowest BCUT2D eigenvalue weighted by Crippen LogP contribution is -2.32. The van der Waals surface area contributed by atoms with E-state index in [0.29, 0.717) is 6.61 Å². The lowest BCUT2D eigenvalue weighted by Gasteiger charge is -2.24. The lowest BCUT2D eigenvalue weighted by molar-refractivity contribution is 0.00105. The summed E-state index contributed by atoms with van der Waals surface area (Å²) in [5.41, 5.74) is 7.50. The summed E-state index contributed by atoms with van der Waals surface area (Å²) in [4.78, 5) is 0. The van der Waals surface area contributed by atoms with E-state index in [0.717, 1.165) is 37.0 Å². The Morgan fingerprint density at radius 1 is 1.39 bits per heavy atom. The molecule has 0 amide bonds. The fourth-order valence-electron chi connectivity index (χ4n) is 2.54. The normalized spacial score (nSPS) is 19.8. The summed E-state index contributed by atoms with van der Waals surface area (Å²) in [7, 11) is 0. The minimum atomic E-state index is -0.639. The highest BCUT2D eigenvalue weighted by molar-refractivity contribution is 5.38. The van der Waals surface area contributed by atoms with Gasteiger partial charge in [0.1, 0.15) is 12.4 Å². The third-order valence-electron chi connectivity index (χ3n) is 3.69. The molecule has 0 aromatic heterocycles. The maximum Gasteiger partial charge on any atom is 0.124 e. The monoisotopic (exact) mass is 249 g/mol. The molecule has 3 nitrogen and oxygen atoms in total. The molecule has 1 aliphatic carbocycles. The second-order valence-corrected chi connectivity index (χ2v) is 5.55. The molecule has 0 unspecified atom stereocenters. The minimum Gasteiger partial charge on any atom is -0.490 e. The van der Waals surface area contributed by atoms with Gasteiger partial charge in [-0.05, 0) is 32.8 Å². The Balaban J connectivity index is 2.09. The van der Waals surface area contributed by atoms with Gasteiger partial charge in [-0.2, -0.15) is 0 Å². The molecule has 0 radical (unpaired) electrons. The first-order chi connectivity index (χ1) is 8.50. The average Bonchev–Trinajstić information content (AvgIpc) is 2.75. The Bertz CT molecular complexity index is 409. The van der Waals surface area contributed by atoms with Gasteiger partial charge >= 0.3 is 0 Å². The highest BCUT2D eigenvalue weighted by atomic mass is 16.5. The predicted molar refractivity (Wildman–Crippen MR) is 72.7 cm³/mol. The van der Waals surface area contributed by atoms with Gasteiger partial charge in [-0.3, -0.25) is 0 Å². The van der Waals surface area contributed by atoms with Gasteiger partial charge < -0.3 is 15.6 Å². The Hall–Kier alpha value is -1.06. The molecule has 18 heavy (non-hydrogen) atoms. The van der Waals surface area contributed by atoms with E-state index in [1.54, 1.807) is 0 Å². The second kappa shape index (κ2) is 5.29. The number of ether oxygens (including phenoxy) is 1. The summed E-state index contributed by atoms with van der Waals surface area (Å²) in [6.45, 7) is 4.36. The van der Waals surface area contributed by atoms with E-state index < -0.39 is 5.60 Å². The molecule has 1 fully saturated rings. The Morgan fingerprint density at radius 2 is 2.06 bits per heavy atom.